The molecule has 0 bridgehead atoms. The Morgan fingerprint density at radius 1 is 0.947 bits per heavy atom. The topological polar surface area (TPSA) is 32.5 Å². The van der Waals surface area contributed by atoms with Crippen molar-refractivity contribution in [1.82, 2.24) is 9.80 Å². The van der Waals surface area contributed by atoms with Crippen LogP contribution in [0.2, 0.25) is 0 Å². The molecule has 2 saturated carbocycles. The maximum atomic E-state index is 5.96. The van der Waals surface area contributed by atoms with Gasteiger partial charge in [-0.1, -0.05) is 19.3 Å². The van der Waals surface area contributed by atoms with Crippen LogP contribution in [-0.4, -0.2) is 55.1 Å². The number of rotatable bonds is 5. The van der Waals surface area contributed by atoms with Crippen LogP contribution in [0.5, 0.6) is 0 Å². The highest BCUT2D eigenvalue weighted by molar-refractivity contribution is 4.90. The lowest BCUT2D eigenvalue weighted by Crippen LogP contribution is -2.51. The summed E-state index contributed by atoms with van der Waals surface area (Å²) in [4.78, 5) is 5.44. The van der Waals surface area contributed by atoms with Crippen LogP contribution in [0, 0.1) is 5.41 Å². The minimum atomic E-state index is 0.530. The van der Waals surface area contributed by atoms with Gasteiger partial charge >= 0.3 is 0 Å². The van der Waals surface area contributed by atoms with Gasteiger partial charge in [-0.2, -0.15) is 0 Å². The zero-order valence-electron chi connectivity index (χ0n) is 12.4. The summed E-state index contributed by atoms with van der Waals surface area (Å²) in [5.41, 5.74) is 6.49. The second-order valence-electron chi connectivity index (χ2n) is 7.12. The zero-order valence-corrected chi connectivity index (χ0v) is 12.4. The Hall–Kier alpha value is -0.120. The van der Waals surface area contributed by atoms with E-state index in [9.17, 15) is 0 Å². The van der Waals surface area contributed by atoms with Crippen molar-refractivity contribution in [1.29, 1.82) is 0 Å². The molecule has 0 aromatic carbocycles. The van der Waals surface area contributed by atoms with E-state index in [-0.39, 0.29) is 0 Å². The number of hydrogen-bond acceptors (Lipinski definition) is 3. The molecule has 0 amide bonds. The third-order valence-corrected chi connectivity index (χ3v) is 6.05. The summed E-state index contributed by atoms with van der Waals surface area (Å²) in [7, 11) is 0. The number of nitrogens with zero attached hydrogens (tertiary/aromatic N) is 2. The van der Waals surface area contributed by atoms with Crippen molar-refractivity contribution in [2.24, 2.45) is 11.1 Å². The lowest BCUT2D eigenvalue weighted by Gasteiger charge is -2.44. The quantitative estimate of drug-likeness (QED) is 0.826. The van der Waals surface area contributed by atoms with Crippen LogP contribution in [0.1, 0.15) is 51.4 Å². The van der Waals surface area contributed by atoms with Crippen molar-refractivity contribution in [3.8, 4) is 0 Å². The highest BCUT2D eigenvalue weighted by Crippen LogP contribution is 2.43. The third kappa shape index (κ3) is 3.14. The molecule has 2 N–H and O–H groups in total. The average Bonchev–Trinajstić information content (AvgIpc) is 2.93. The van der Waals surface area contributed by atoms with Crippen molar-refractivity contribution >= 4 is 0 Å². The Balaban J connectivity index is 1.38. The molecule has 0 atom stereocenters. The molecule has 3 nitrogen and oxygen atoms in total. The van der Waals surface area contributed by atoms with Crippen LogP contribution >= 0.6 is 0 Å². The van der Waals surface area contributed by atoms with Crippen molar-refractivity contribution < 1.29 is 0 Å². The van der Waals surface area contributed by atoms with Gasteiger partial charge in [0.25, 0.3) is 0 Å². The number of hydrogen-bond donors (Lipinski definition) is 1. The standard InChI is InChI=1S/C16H31N3/c17-14-16(6-3-7-16)8-9-18-10-12-19(13-11-18)15-4-1-2-5-15/h15H,1-14,17H2. The summed E-state index contributed by atoms with van der Waals surface area (Å²) in [6.07, 6.45) is 11.3. The molecule has 0 aromatic rings. The van der Waals surface area contributed by atoms with Gasteiger partial charge in [0.15, 0.2) is 0 Å². The SMILES string of the molecule is NCC1(CCN2CCN(C3CCCC3)CC2)CCC1. The van der Waals surface area contributed by atoms with E-state index in [1.165, 1.54) is 84.1 Å². The first-order valence-corrected chi connectivity index (χ1v) is 8.48. The molecule has 1 aliphatic heterocycles. The minimum Gasteiger partial charge on any atom is -0.330 e. The Morgan fingerprint density at radius 3 is 2.16 bits per heavy atom. The van der Waals surface area contributed by atoms with Crippen LogP contribution in [0.15, 0.2) is 0 Å². The molecule has 0 spiro atoms. The molecule has 3 rings (SSSR count). The summed E-state index contributed by atoms with van der Waals surface area (Å²) in [6, 6.07) is 0.921. The van der Waals surface area contributed by atoms with E-state index in [4.69, 9.17) is 5.73 Å². The molecule has 1 saturated heterocycles. The van der Waals surface area contributed by atoms with Crippen molar-refractivity contribution in [2.45, 2.75) is 57.4 Å². The highest BCUT2D eigenvalue weighted by Gasteiger charge is 2.35. The van der Waals surface area contributed by atoms with E-state index in [1.807, 2.05) is 0 Å². The summed E-state index contributed by atoms with van der Waals surface area (Å²) >= 11 is 0. The van der Waals surface area contributed by atoms with Gasteiger partial charge in [0.05, 0.1) is 0 Å². The Kier molecular flexibility index (Phi) is 4.45. The van der Waals surface area contributed by atoms with Gasteiger partial charge in [-0.3, -0.25) is 4.90 Å². The Labute approximate surface area is 118 Å². The van der Waals surface area contributed by atoms with Gasteiger partial charge in [0, 0.05) is 32.2 Å². The average molecular weight is 265 g/mol. The molecule has 0 aromatic heterocycles. The van der Waals surface area contributed by atoms with Crippen LogP contribution in [-0.2, 0) is 0 Å². The predicted molar refractivity (Wildman–Crippen MR) is 80.2 cm³/mol. The summed E-state index contributed by atoms with van der Waals surface area (Å²) in [5.74, 6) is 0. The van der Waals surface area contributed by atoms with Gasteiger partial charge < -0.3 is 10.6 Å². The molecular weight excluding hydrogens is 234 g/mol. The van der Waals surface area contributed by atoms with E-state index in [1.54, 1.807) is 0 Å². The first kappa shape index (κ1) is 13.8. The van der Waals surface area contributed by atoms with Crippen LogP contribution in [0.25, 0.3) is 0 Å². The summed E-state index contributed by atoms with van der Waals surface area (Å²) < 4.78 is 0. The number of nitrogens with two attached hydrogens (primary N) is 1. The highest BCUT2D eigenvalue weighted by atomic mass is 15.3. The molecule has 0 radical (unpaired) electrons. The largest absolute Gasteiger partial charge is 0.330 e. The molecule has 3 heteroatoms. The van der Waals surface area contributed by atoms with Crippen LogP contribution in [0.3, 0.4) is 0 Å². The normalized spacial score (nSPS) is 29.5. The molecule has 110 valence electrons. The van der Waals surface area contributed by atoms with Gasteiger partial charge in [0.1, 0.15) is 0 Å². The Morgan fingerprint density at radius 2 is 1.63 bits per heavy atom. The van der Waals surface area contributed by atoms with Gasteiger partial charge in [-0.15, -0.1) is 0 Å². The maximum absolute atomic E-state index is 5.96. The molecule has 0 unspecified atom stereocenters. The molecule has 19 heavy (non-hydrogen) atoms. The lowest BCUT2D eigenvalue weighted by atomic mass is 9.66. The second-order valence-corrected chi connectivity index (χ2v) is 7.12. The van der Waals surface area contributed by atoms with Gasteiger partial charge in [0.2, 0.25) is 0 Å². The smallest absolute Gasteiger partial charge is 0.0113 e. The number of piperazine rings is 1. The molecule has 3 fully saturated rings. The van der Waals surface area contributed by atoms with E-state index in [0.29, 0.717) is 5.41 Å². The fourth-order valence-corrected chi connectivity index (χ4v) is 4.25. The monoisotopic (exact) mass is 265 g/mol. The van der Waals surface area contributed by atoms with E-state index < -0.39 is 0 Å². The first-order chi connectivity index (χ1) is 9.31. The first-order valence-electron chi connectivity index (χ1n) is 8.48. The predicted octanol–water partition coefficient (Wildman–Crippen LogP) is 2.07. The van der Waals surface area contributed by atoms with Crippen LogP contribution < -0.4 is 5.73 Å². The molecule has 3 aliphatic rings. The fourth-order valence-electron chi connectivity index (χ4n) is 4.25. The molecule has 1 heterocycles. The van der Waals surface area contributed by atoms with E-state index in [2.05, 4.69) is 9.80 Å². The summed E-state index contributed by atoms with van der Waals surface area (Å²) in [5, 5.41) is 0. The lowest BCUT2D eigenvalue weighted by molar-refractivity contribution is 0.0663. The van der Waals surface area contributed by atoms with Crippen LogP contribution in [0.4, 0.5) is 0 Å². The van der Waals surface area contributed by atoms with Crippen molar-refractivity contribution in [2.75, 3.05) is 39.3 Å². The maximum Gasteiger partial charge on any atom is 0.0113 e. The van der Waals surface area contributed by atoms with E-state index in [0.717, 1.165) is 12.6 Å². The van der Waals surface area contributed by atoms with Crippen molar-refractivity contribution in [3.05, 3.63) is 0 Å². The van der Waals surface area contributed by atoms with Gasteiger partial charge in [-0.25, -0.2) is 0 Å². The van der Waals surface area contributed by atoms with E-state index >= 15 is 0 Å². The van der Waals surface area contributed by atoms with Gasteiger partial charge in [-0.05, 0) is 50.6 Å². The molecule has 2 aliphatic carbocycles. The third-order valence-electron chi connectivity index (χ3n) is 6.05. The molecular formula is C16H31N3. The zero-order chi connectivity index (χ0) is 13.1. The van der Waals surface area contributed by atoms with Crippen molar-refractivity contribution in [3.63, 3.8) is 0 Å². The minimum absolute atomic E-state index is 0.530. The summed E-state index contributed by atoms with van der Waals surface area (Å²) in [6.45, 7) is 7.39. The fraction of sp³-hybridized carbons (Fsp3) is 1.00. The Bertz CT molecular complexity index is 268. The second kappa shape index (κ2) is 6.11.